The van der Waals surface area contributed by atoms with E-state index in [-0.39, 0.29) is 19.1 Å². The molecule has 1 amide bonds. The van der Waals surface area contributed by atoms with Gasteiger partial charge in [0.2, 0.25) is 0 Å². The van der Waals surface area contributed by atoms with Gasteiger partial charge < -0.3 is 29.3 Å². The second-order valence-corrected chi connectivity index (χ2v) is 7.69. The van der Waals surface area contributed by atoms with Crippen LogP contribution >= 0.6 is 0 Å². The van der Waals surface area contributed by atoms with Gasteiger partial charge in [-0.3, -0.25) is 4.79 Å². The number of methoxy groups -OCH3 is 2. The number of carbonyl (C=O) groups is 1. The summed E-state index contributed by atoms with van der Waals surface area (Å²) >= 11 is 0. The number of carbonyl (C=O) groups excluding carboxylic acids is 1. The van der Waals surface area contributed by atoms with Crippen LogP contribution in [0.1, 0.15) is 28.8 Å². The summed E-state index contributed by atoms with van der Waals surface area (Å²) in [5.74, 6) is 1.22. The number of ether oxygens (including phenoxy) is 3. The van der Waals surface area contributed by atoms with E-state index >= 15 is 0 Å². The molecule has 2 N–H and O–H groups in total. The number of hydrogen-bond donors (Lipinski definition) is 2. The van der Waals surface area contributed by atoms with Gasteiger partial charge in [-0.15, -0.1) is 0 Å². The standard InChI is InChI=1S/C24H31NO6/c1-29-19-12-10-18(11-13-19)24(28)25-14-6-5-8-17-7-3-4-9-21(17)31-16-20(26)23(27)22(15-25)30-2/h3-4,7,9-13,20,22-23,26-27H,5-6,8,14-16H2,1-2H3/t20-,22+,23-/m1/s1. The molecule has 7 nitrogen and oxygen atoms in total. The number of aliphatic hydroxyl groups excluding tert-OH is 2. The molecule has 1 heterocycles. The third-order valence-electron chi connectivity index (χ3n) is 5.61. The van der Waals surface area contributed by atoms with Gasteiger partial charge >= 0.3 is 0 Å². The van der Waals surface area contributed by atoms with E-state index in [9.17, 15) is 15.0 Å². The maximum Gasteiger partial charge on any atom is 0.253 e. The van der Waals surface area contributed by atoms with E-state index in [1.54, 1.807) is 36.3 Å². The second kappa shape index (κ2) is 11.1. The minimum absolute atomic E-state index is 0.0650. The topological polar surface area (TPSA) is 88.5 Å². The van der Waals surface area contributed by atoms with Crippen molar-refractivity contribution in [2.75, 3.05) is 33.9 Å². The highest BCUT2D eigenvalue weighted by atomic mass is 16.5. The van der Waals surface area contributed by atoms with Crippen LogP contribution in [0.3, 0.4) is 0 Å². The van der Waals surface area contributed by atoms with Crippen LogP contribution < -0.4 is 9.47 Å². The molecule has 0 aromatic heterocycles. The SMILES string of the molecule is COc1ccc(C(=O)N2CCCCc3ccccc3OC[C@@H](O)[C@@H](O)[C@@H](OC)C2)cc1. The lowest BCUT2D eigenvalue weighted by Gasteiger charge is -2.31. The Labute approximate surface area is 183 Å². The van der Waals surface area contributed by atoms with E-state index in [0.717, 1.165) is 24.8 Å². The lowest BCUT2D eigenvalue weighted by atomic mass is 10.1. The second-order valence-electron chi connectivity index (χ2n) is 7.69. The number of rotatable bonds is 3. The number of benzene rings is 2. The fourth-order valence-corrected chi connectivity index (χ4v) is 3.72. The lowest BCUT2D eigenvalue weighted by molar-refractivity contribution is -0.0925. The molecule has 2 aromatic rings. The average molecular weight is 430 g/mol. The Morgan fingerprint density at radius 3 is 2.52 bits per heavy atom. The molecule has 3 atom stereocenters. The van der Waals surface area contributed by atoms with Crippen molar-refractivity contribution in [1.29, 1.82) is 0 Å². The Bertz CT molecular complexity index is 840. The summed E-state index contributed by atoms with van der Waals surface area (Å²) in [5, 5.41) is 21.2. The summed E-state index contributed by atoms with van der Waals surface area (Å²) in [6, 6.07) is 14.6. The molecule has 7 heteroatoms. The predicted molar refractivity (Wildman–Crippen MR) is 117 cm³/mol. The Morgan fingerprint density at radius 1 is 1.06 bits per heavy atom. The zero-order valence-electron chi connectivity index (χ0n) is 18.1. The van der Waals surface area contributed by atoms with Gasteiger partial charge in [-0.1, -0.05) is 18.2 Å². The van der Waals surface area contributed by atoms with Crippen LogP contribution in [-0.2, 0) is 11.2 Å². The van der Waals surface area contributed by atoms with E-state index in [1.807, 2.05) is 24.3 Å². The van der Waals surface area contributed by atoms with Crippen molar-refractivity contribution in [1.82, 2.24) is 4.90 Å². The summed E-state index contributed by atoms with van der Waals surface area (Å²) in [7, 11) is 3.04. The highest BCUT2D eigenvalue weighted by Gasteiger charge is 2.31. The summed E-state index contributed by atoms with van der Waals surface area (Å²) < 4.78 is 16.4. The molecule has 1 aliphatic rings. The molecule has 0 unspecified atom stereocenters. The summed E-state index contributed by atoms with van der Waals surface area (Å²) in [6.45, 7) is 0.605. The minimum Gasteiger partial charge on any atom is -0.497 e. The molecule has 1 aliphatic heterocycles. The minimum atomic E-state index is -1.20. The van der Waals surface area contributed by atoms with Gasteiger partial charge in [0.05, 0.1) is 7.11 Å². The molecular formula is C24H31NO6. The molecule has 0 fully saturated rings. The van der Waals surface area contributed by atoms with E-state index in [4.69, 9.17) is 14.2 Å². The van der Waals surface area contributed by atoms with Crippen LogP contribution in [0.4, 0.5) is 0 Å². The van der Waals surface area contributed by atoms with Crippen molar-refractivity contribution in [2.24, 2.45) is 0 Å². The molecule has 0 radical (unpaired) electrons. The van der Waals surface area contributed by atoms with Crippen molar-refractivity contribution < 1.29 is 29.2 Å². The number of amides is 1. The van der Waals surface area contributed by atoms with Crippen molar-refractivity contribution in [2.45, 2.75) is 37.6 Å². The van der Waals surface area contributed by atoms with Gasteiger partial charge in [-0.05, 0) is 55.2 Å². The number of aliphatic hydroxyl groups is 2. The first kappa shape index (κ1) is 23.1. The molecule has 31 heavy (non-hydrogen) atoms. The van der Waals surface area contributed by atoms with Gasteiger partial charge in [-0.2, -0.15) is 0 Å². The van der Waals surface area contributed by atoms with Gasteiger partial charge in [0.25, 0.3) is 5.91 Å². The Morgan fingerprint density at radius 2 is 1.81 bits per heavy atom. The molecule has 0 saturated carbocycles. The molecule has 168 valence electrons. The first-order valence-corrected chi connectivity index (χ1v) is 10.6. The predicted octanol–water partition coefficient (Wildman–Crippen LogP) is 2.29. The Kier molecular flexibility index (Phi) is 8.28. The van der Waals surface area contributed by atoms with Crippen LogP contribution in [0.15, 0.2) is 48.5 Å². The highest BCUT2D eigenvalue weighted by Crippen LogP contribution is 2.22. The van der Waals surface area contributed by atoms with E-state index in [1.165, 1.54) is 7.11 Å². The quantitative estimate of drug-likeness (QED) is 0.778. The van der Waals surface area contributed by atoms with E-state index in [0.29, 0.717) is 23.6 Å². The monoisotopic (exact) mass is 429 g/mol. The molecule has 2 aromatic carbocycles. The third kappa shape index (κ3) is 5.97. The fraction of sp³-hybridized carbons (Fsp3) is 0.458. The summed E-state index contributed by atoms with van der Waals surface area (Å²) in [5.41, 5.74) is 1.57. The van der Waals surface area contributed by atoms with E-state index < -0.39 is 18.3 Å². The van der Waals surface area contributed by atoms with Crippen LogP contribution in [0.5, 0.6) is 11.5 Å². The highest BCUT2D eigenvalue weighted by molar-refractivity contribution is 5.94. The van der Waals surface area contributed by atoms with Crippen molar-refractivity contribution in [3.63, 3.8) is 0 Å². The zero-order chi connectivity index (χ0) is 22.2. The maximum absolute atomic E-state index is 13.2. The number of fused-ring (bicyclic) bond motifs is 1. The van der Waals surface area contributed by atoms with Gasteiger partial charge in [0, 0.05) is 25.8 Å². The van der Waals surface area contributed by atoms with E-state index in [2.05, 4.69) is 0 Å². The van der Waals surface area contributed by atoms with Gasteiger partial charge in [-0.25, -0.2) is 0 Å². The lowest BCUT2D eigenvalue weighted by Crippen LogP contribution is -2.49. The maximum atomic E-state index is 13.2. The van der Waals surface area contributed by atoms with Crippen LogP contribution in [0, 0.1) is 0 Å². The number of hydrogen-bond acceptors (Lipinski definition) is 6. The number of para-hydroxylation sites is 1. The molecule has 0 saturated heterocycles. The average Bonchev–Trinajstić information content (AvgIpc) is 2.82. The van der Waals surface area contributed by atoms with Crippen molar-refractivity contribution in [3.8, 4) is 11.5 Å². The summed E-state index contributed by atoms with van der Waals surface area (Å²) in [4.78, 5) is 14.9. The molecule has 3 rings (SSSR count). The fourth-order valence-electron chi connectivity index (χ4n) is 3.72. The summed E-state index contributed by atoms with van der Waals surface area (Å²) in [6.07, 6.45) is -0.661. The molecule has 0 bridgehead atoms. The van der Waals surface area contributed by atoms with Crippen LogP contribution in [-0.4, -0.2) is 73.2 Å². The molecule has 0 aliphatic carbocycles. The van der Waals surface area contributed by atoms with Crippen molar-refractivity contribution in [3.05, 3.63) is 59.7 Å². The number of aryl methyl sites for hydroxylation is 1. The van der Waals surface area contributed by atoms with Gasteiger partial charge in [0.1, 0.15) is 36.4 Å². The Hall–Kier alpha value is -2.61. The smallest absolute Gasteiger partial charge is 0.253 e. The zero-order valence-corrected chi connectivity index (χ0v) is 18.1. The van der Waals surface area contributed by atoms with Crippen LogP contribution in [0.25, 0.3) is 0 Å². The molecule has 0 spiro atoms. The first-order valence-electron chi connectivity index (χ1n) is 10.6. The van der Waals surface area contributed by atoms with Crippen molar-refractivity contribution >= 4 is 5.91 Å². The van der Waals surface area contributed by atoms with Crippen LogP contribution in [0.2, 0.25) is 0 Å². The Balaban J connectivity index is 1.82. The first-order chi connectivity index (χ1) is 15.0. The van der Waals surface area contributed by atoms with Gasteiger partial charge in [0.15, 0.2) is 0 Å². The third-order valence-corrected chi connectivity index (χ3v) is 5.61. The normalized spacial score (nSPS) is 22.8. The molecular weight excluding hydrogens is 398 g/mol. The largest absolute Gasteiger partial charge is 0.497 e. The number of nitrogens with zero attached hydrogens (tertiary/aromatic N) is 1.